The number of nitrogens with zero attached hydrogens (tertiary/aromatic N) is 1. The van der Waals surface area contributed by atoms with E-state index in [0.717, 1.165) is 12.8 Å². The van der Waals surface area contributed by atoms with Gasteiger partial charge in [0.2, 0.25) is 0 Å². The van der Waals surface area contributed by atoms with Crippen LogP contribution in [-0.4, -0.2) is 45.4 Å². The van der Waals surface area contributed by atoms with Crippen molar-refractivity contribution >= 4 is 27.6 Å². The lowest BCUT2D eigenvalue weighted by Crippen LogP contribution is -2.27. The fraction of sp³-hybridized carbons (Fsp3) is 0.263. The van der Waals surface area contributed by atoms with Crippen LogP contribution in [-0.2, 0) is 14.8 Å². The first kappa shape index (κ1) is 18.9. The summed E-state index contributed by atoms with van der Waals surface area (Å²) in [5, 5.41) is 0. The van der Waals surface area contributed by atoms with Crippen LogP contribution in [0.5, 0.6) is 0 Å². The van der Waals surface area contributed by atoms with Crippen LogP contribution in [0.1, 0.15) is 33.6 Å². The van der Waals surface area contributed by atoms with Crippen molar-refractivity contribution in [2.45, 2.75) is 17.7 Å². The largest absolute Gasteiger partial charge is 0.465 e. The van der Waals surface area contributed by atoms with Gasteiger partial charge in [0.15, 0.2) is 0 Å². The maximum absolute atomic E-state index is 12.8. The second kappa shape index (κ2) is 7.79. The zero-order chi connectivity index (χ0) is 19.4. The van der Waals surface area contributed by atoms with Gasteiger partial charge in [0.1, 0.15) is 0 Å². The molecule has 1 heterocycles. The van der Waals surface area contributed by atoms with Gasteiger partial charge in [-0.25, -0.2) is 13.2 Å². The summed E-state index contributed by atoms with van der Waals surface area (Å²) in [5.41, 5.74) is 0.537. The maximum atomic E-state index is 12.8. The molecule has 2 aromatic rings. The van der Waals surface area contributed by atoms with Gasteiger partial charge in [-0.1, -0.05) is 18.2 Å². The Morgan fingerprint density at radius 2 is 1.74 bits per heavy atom. The Morgan fingerprint density at radius 3 is 2.44 bits per heavy atom. The number of para-hydroxylation sites is 1. The van der Waals surface area contributed by atoms with E-state index in [0.29, 0.717) is 18.7 Å². The summed E-state index contributed by atoms with van der Waals surface area (Å²) in [6.45, 7) is 1.36. The lowest BCUT2D eigenvalue weighted by Gasteiger charge is -2.16. The first-order chi connectivity index (χ1) is 12.9. The third-order valence-corrected chi connectivity index (χ3v) is 5.72. The first-order valence-corrected chi connectivity index (χ1v) is 10.0. The van der Waals surface area contributed by atoms with Crippen LogP contribution in [0, 0.1) is 0 Å². The number of ether oxygens (including phenoxy) is 1. The molecule has 27 heavy (non-hydrogen) atoms. The maximum Gasteiger partial charge on any atom is 0.339 e. The van der Waals surface area contributed by atoms with Gasteiger partial charge in [-0.15, -0.1) is 0 Å². The van der Waals surface area contributed by atoms with Crippen molar-refractivity contribution < 1.29 is 22.7 Å². The molecule has 0 saturated carbocycles. The van der Waals surface area contributed by atoms with E-state index < -0.39 is 16.0 Å². The third kappa shape index (κ3) is 4.11. The first-order valence-electron chi connectivity index (χ1n) is 8.52. The van der Waals surface area contributed by atoms with Gasteiger partial charge in [-0.3, -0.25) is 9.52 Å². The smallest absolute Gasteiger partial charge is 0.339 e. The molecule has 0 aliphatic carbocycles. The molecule has 1 saturated heterocycles. The second-order valence-electron chi connectivity index (χ2n) is 6.17. The minimum absolute atomic E-state index is 0.0489. The fourth-order valence-corrected chi connectivity index (χ4v) is 4.09. The molecule has 7 nitrogen and oxygen atoms in total. The van der Waals surface area contributed by atoms with E-state index >= 15 is 0 Å². The Kier molecular flexibility index (Phi) is 5.46. The van der Waals surface area contributed by atoms with Crippen molar-refractivity contribution in [1.29, 1.82) is 0 Å². The molecule has 0 atom stereocenters. The number of amides is 1. The van der Waals surface area contributed by atoms with Crippen molar-refractivity contribution in [3.05, 3.63) is 59.7 Å². The van der Waals surface area contributed by atoms with E-state index in [2.05, 4.69) is 9.46 Å². The number of esters is 1. The molecule has 3 rings (SSSR count). The lowest BCUT2D eigenvalue weighted by atomic mass is 10.2. The fourth-order valence-electron chi connectivity index (χ4n) is 2.96. The van der Waals surface area contributed by atoms with Crippen molar-refractivity contribution in [2.75, 3.05) is 24.9 Å². The molecule has 0 aromatic heterocycles. The summed E-state index contributed by atoms with van der Waals surface area (Å²) in [6, 6.07) is 12.1. The molecule has 0 radical (unpaired) electrons. The predicted molar refractivity (Wildman–Crippen MR) is 100 cm³/mol. The van der Waals surface area contributed by atoms with Crippen LogP contribution < -0.4 is 4.72 Å². The number of hydrogen-bond acceptors (Lipinski definition) is 5. The van der Waals surface area contributed by atoms with E-state index in [1.54, 1.807) is 23.1 Å². The minimum atomic E-state index is -3.99. The molecule has 1 fully saturated rings. The zero-order valence-electron chi connectivity index (χ0n) is 14.8. The highest BCUT2D eigenvalue weighted by Crippen LogP contribution is 2.22. The van der Waals surface area contributed by atoms with E-state index in [-0.39, 0.29) is 22.1 Å². The Hall–Kier alpha value is -2.87. The zero-order valence-corrected chi connectivity index (χ0v) is 15.7. The molecule has 2 aromatic carbocycles. The molecule has 0 bridgehead atoms. The van der Waals surface area contributed by atoms with Gasteiger partial charge in [-0.2, -0.15) is 0 Å². The summed E-state index contributed by atoms with van der Waals surface area (Å²) in [4.78, 5) is 26.0. The SMILES string of the molecule is COC(=O)c1ccccc1NS(=O)(=O)c1cccc(C(=O)N2CCCC2)c1. The predicted octanol–water partition coefficient (Wildman–Crippen LogP) is 2.51. The number of carbonyl (C=O) groups excluding carboxylic acids is 2. The van der Waals surface area contributed by atoms with E-state index in [4.69, 9.17) is 0 Å². The summed E-state index contributed by atoms with van der Waals surface area (Å²) in [5.74, 6) is -0.828. The third-order valence-electron chi connectivity index (χ3n) is 4.36. The molecular formula is C19H20N2O5S. The van der Waals surface area contributed by atoms with E-state index in [9.17, 15) is 18.0 Å². The van der Waals surface area contributed by atoms with Crippen molar-refractivity contribution in [3.63, 3.8) is 0 Å². The van der Waals surface area contributed by atoms with Crippen molar-refractivity contribution in [2.24, 2.45) is 0 Å². The number of nitrogens with one attached hydrogen (secondary N) is 1. The van der Waals surface area contributed by atoms with Crippen molar-refractivity contribution in [3.8, 4) is 0 Å². The van der Waals surface area contributed by atoms with E-state index in [1.807, 2.05) is 0 Å². The molecule has 1 N–H and O–H groups in total. The lowest BCUT2D eigenvalue weighted by molar-refractivity contribution is 0.0601. The van der Waals surface area contributed by atoms with Gasteiger partial charge >= 0.3 is 5.97 Å². The molecule has 142 valence electrons. The highest BCUT2D eigenvalue weighted by molar-refractivity contribution is 7.92. The molecule has 0 spiro atoms. The average molecular weight is 388 g/mol. The molecule has 0 unspecified atom stereocenters. The van der Waals surface area contributed by atoms with Crippen LogP contribution >= 0.6 is 0 Å². The number of benzene rings is 2. The van der Waals surface area contributed by atoms with Gasteiger partial charge in [0, 0.05) is 18.7 Å². The molecule has 1 amide bonds. The average Bonchev–Trinajstić information content (AvgIpc) is 3.22. The molecule has 1 aliphatic rings. The molecule has 8 heteroatoms. The highest BCUT2D eigenvalue weighted by atomic mass is 32.2. The summed E-state index contributed by atoms with van der Waals surface area (Å²) >= 11 is 0. The number of likely N-dealkylation sites (tertiary alicyclic amines) is 1. The van der Waals surface area contributed by atoms with Crippen LogP contribution in [0.3, 0.4) is 0 Å². The van der Waals surface area contributed by atoms with Crippen LogP contribution in [0.4, 0.5) is 5.69 Å². The van der Waals surface area contributed by atoms with Gasteiger partial charge in [0.25, 0.3) is 15.9 Å². The number of methoxy groups -OCH3 is 1. The minimum Gasteiger partial charge on any atom is -0.465 e. The monoisotopic (exact) mass is 388 g/mol. The topological polar surface area (TPSA) is 92.8 Å². The second-order valence-corrected chi connectivity index (χ2v) is 7.85. The van der Waals surface area contributed by atoms with Crippen LogP contribution in [0.25, 0.3) is 0 Å². The van der Waals surface area contributed by atoms with E-state index in [1.165, 1.54) is 37.4 Å². The number of sulfonamides is 1. The van der Waals surface area contributed by atoms with Gasteiger partial charge in [0.05, 0.1) is 23.3 Å². The Bertz CT molecular complexity index is 966. The summed E-state index contributed by atoms with van der Waals surface area (Å²) in [6.07, 6.45) is 1.91. The standard InChI is InChI=1S/C19H20N2O5S/c1-26-19(23)16-9-2-3-10-17(16)20-27(24,25)15-8-6-7-14(13-15)18(22)21-11-4-5-12-21/h2-3,6-10,13,20H,4-5,11-12H2,1H3. The van der Waals surface area contributed by atoms with Gasteiger partial charge < -0.3 is 9.64 Å². The molecule has 1 aliphatic heterocycles. The van der Waals surface area contributed by atoms with Crippen molar-refractivity contribution in [1.82, 2.24) is 4.90 Å². The number of anilines is 1. The highest BCUT2D eigenvalue weighted by Gasteiger charge is 2.23. The number of carbonyl (C=O) groups is 2. The number of hydrogen-bond donors (Lipinski definition) is 1. The Morgan fingerprint density at radius 1 is 1.04 bits per heavy atom. The Labute approximate surface area is 158 Å². The van der Waals surface area contributed by atoms with Crippen LogP contribution in [0.2, 0.25) is 0 Å². The Balaban J connectivity index is 1.89. The number of rotatable bonds is 5. The summed E-state index contributed by atoms with van der Waals surface area (Å²) in [7, 11) is -2.76. The van der Waals surface area contributed by atoms with Crippen LogP contribution in [0.15, 0.2) is 53.4 Å². The van der Waals surface area contributed by atoms with Gasteiger partial charge in [-0.05, 0) is 43.2 Å². The normalized spacial score (nSPS) is 14.0. The summed E-state index contributed by atoms with van der Waals surface area (Å²) < 4.78 is 32.6. The molecular weight excluding hydrogens is 368 g/mol. The quantitative estimate of drug-likeness (QED) is 0.795.